The van der Waals surface area contributed by atoms with Crippen LogP contribution in [0.25, 0.3) is 11.8 Å². The average molecular weight is 478 g/mol. The summed E-state index contributed by atoms with van der Waals surface area (Å²) < 4.78 is 8.84. The van der Waals surface area contributed by atoms with E-state index in [1.54, 1.807) is 43.0 Å². The molecule has 4 rings (SSSR count). The molecule has 9 nitrogen and oxygen atoms in total. The smallest absolute Gasteiger partial charge is 0.248 e. The van der Waals surface area contributed by atoms with Crippen molar-refractivity contribution in [3.8, 4) is 11.4 Å². The van der Waals surface area contributed by atoms with Gasteiger partial charge in [0.05, 0.1) is 19.3 Å². The number of hydrogen-bond acceptors (Lipinski definition) is 6. The van der Waals surface area contributed by atoms with E-state index in [0.717, 1.165) is 22.5 Å². The first kappa shape index (κ1) is 23.2. The van der Waals surface area contributed by atoms with Crippen LogP contribution >= 0.6 is 11.6 Å². The first-order chi connectivity index (χ1) is 16.4. The first-order valence-electron chi connectivity index (χ1n) is 10.6. The molecule has 1 N–H and O–H groups in total. The van der Waals surface area contributed by atoms with Crippen molar-refractivity contribution < 1.29 is 9.53 Å². The molecule has 0 atom stereocenters. The van der Waals surface area contributed by atoms with Gasteiger partial charge in [-0.1, -0.05) is 29.8 Å². The minimum absolute atomic E-state index is 0.276. The number of anilines is 1. The molecule has 0 radical (unpaired) electrons. The van der Waals surface area contributed by atoms with Gasteiger partial charge >= 0.3 is 0 Å². The first-order valence-corrected chi connectivity index (χ1v) is 10.9. The van der Waals surface area contributed by atoms with Gasteiger partial charge in [0.15, 0.2) is 5.82 Å². The quantitative estimate of drug-likeness (QED) is 0.401. The Morgan fingerprint density at radius 2 is 1.97 bits per heavy atom. The van der Waals surface area contributed by atoms with Crippen LogP contribution in [0.2, 0.25) is 5.02 Å². The van der Waals surface area contributed by atoms with Crippen molar-refractivity contribution in [2.24, 2.45) is 0 Å². The molecule has 0 spiro atoms. The Morgan fingerprint density at radius 1 is 1.18 bits per heavy atom. The van der Waals surface area contributed by atoms with Crippen LogP contribution in [-0.4, -0.2) is 43.0 Å². The molecule has 2 heterocycles. The van der Waals surface area contributed by atoms with Crippen molar-refractivity contribution in [2.45, 2.75) is 27.3 Å². The molecule has 0 saturated heterocycles. The Bertz CT molecular complexity index is 1370. The number of halogens is 1. The van der Waals surface area contributed by atoms with Crippen molar-refractivity contribution >= 4 is 29.3 Å². The number of amides is 1. The number of aryl methyl sites for hydroxylation is 2. The predicted octanol–water partition coefficient (Wildman–Crippen LogP) is 4.15. The number of rotatable bonds is 7. The fourth-order valence-corrected chi connectivity index (χ4v) is 3.82. The largest absolute Gasteiger partial charge is 0.494 e. The number of nitrogens with one attached hydrogen (secondary N) is 1. The van der Waals surface area contributed by atoms with E-state index in [4.69, 9.17) is 16.3 Å². The molecule has 4 aromatic rings. The van der Waals surface area contributed by atoms with Gasteiger partial charge in [0.25, 0.3) is 0 Å². The highest BCUT2D eigenvalue weighted by Gasteiger charge is 2.13. The van der Waals surface area contributed by atoms with Crippen LogP contribution in [0.1, 0.15) is 28.3 Å². The third-order valence-electron chi connectivity index (χ3n) is 5.42. The van der Waals surface area contributed by atoms with E-state index in [1.165, 1.54) is 6.08 Å². The van der Waals surface area contributed by atoms with Gasteiger partial charge in [-0.05, 0) is 67.1 Å². The summed E-state index contributed by atoms with van der Waals surface area (Å²) in [4.78, 5) is 12.6. The SMILES string of the molecule is COc1ccc(NC(=O)/C=C/c2c(C)nn(Cc3ccccc3Cl)c2C)cc1-n1nnnc1C. The molecule has 0 aliphatic heterocycles. The van der Waals surface area contributed by atoms with Gasteiger partial charge in [-0.3, -0.25) is 9.48 Å². The van der Waals surface area contributed by atoms with E-state index in [-0.39, 0.29) is 5.91 Å². The van der Waals surface area contributed by atoms with Crippen LogP contribution in [-0.2, 0) is 11.3 Å². The molecule has 0 aliphatic carbocycles. The molecule has 2 aromatic carbocycles. The summed E-state index contributed by atoms with van der Waals surface area (Å²) in [6.45, 7) is 6.22. The Hall–Kier alpha value is -3.98. The molecule has 0 bridgehead atoms. The van der Waals surface area contributed by atoms with Crippen molar-refractivity contribution in [2.75, 3.05) is 12.4 Å². The number of carbonyl (C=O) groups is 1. The van der Waals surface area contributed by atoms with Crippen LogP contribution in [0.4, 0.5) is 5.69 Å². The van der Waals surface area contributed by atoms with Crippen LogP contribution in [0, 0.1) is 20.8 Å². The highest BCUT2D eigenvalue weighted by Crippen LogP contribution is 2.26. The number of hydrogen-bond donors (Lipinski definition) is 1. The molecule has 34 heavy (non-hydrogen) atoms. The zero-order valence-electron chi connectivity index (χ0n) is 19.3. The molecule has 0 saturated carbocycles. The zero-order valence-corrected chi connectivity index (χ0v) is 20.0. The Morgan fingerprint density at radius 3 is 2.68 bits per heavy atom. The van der Waals surface area contributed by atoms with Crippen molar-refractivity contribution in [1.29, 1.82) is 0 Å². The lowest BCUT2D eigenvalue weighted by Gasteiger charge is -2.11. The molecular weight excluding hydrogens is 454 g/mol. The van der Waals surface area contributed by atoms with E-state index in [0.29, 0.717) is 34.5 Å². The van der Waals surface area contributed by atoms with E-state index in [9.17, 15) is 4.79 Å². The van der Waals surface area contributed by atoms with E-state index < -0.39 is 0 Å². The van der Waals surface area contributed by atoms with Crippen molar-refractivity contribution in [3.05, 3.63) is 81.9 Å². The van der Waals surface area contributed by atoms with Crippen LogP contribution < -0.4 is 10.1 Å². The fraction of sp³-hybridized carbons (Fsp3) is 0.208. The number of carbonyl (C=O) groups excluding carboxylic acids is 1. The lowest BCUT2D eigenvalue weighted by Crippen LogP contribution is -2.09. The second-order valence-electron chi connectivity index (χ2n) is 7.68. The molecule has 1 amide bonds. The van der Waals surface area contributed by atoms with Crippen LogP contribution in [0.15, 0.2) is 48.5 Å². The number of tetrazole rings is 1. The molecule has 10 heteroatoms. The topological polar surface area (TPSA) is 99.8 Å². The molecule has 0 unspecified atom stereocenters. The van der Waals surface area contributed by atoms with E-state index >= 15 is 0 Å². The monoisotopic (exact) mass is 477 g/mol. The van der Waals surface area contributed by atoms with Gasteiger partial charge in [-0.2, -0.15) is 9.78 Å². The van der Waals surface area contributed by atoms with Gasteiger partial charge in [-0.25, -0.2) is 0 Å². The maximum absolute atomic E-state index is 12.6. The molecule has 0 fully saturated rings. The number of benzene rings is 2. The Balaban J connectivity index is 1.51. The lowest BCUT2D eigenvalue weighted by atomic mass is 10.1. The summed E-state index contributed by atoms with van der Waals surface area (Å²) in [6.07, 6.45) is 3.26. The second kappa shape index (κ2) is 9.88. The minimum Gasteiger partial charge on any atom is -0.494 e. The summed E-state index contributed by atoms with van der Waals surface area (Å²) in [6, 6.07) is 12.9. The number of nitrogens with zero attached hydrogens (tertiary/aromatic N) is 6. The Labute approximate surface area is 202 Å². The number of aromatic nitrogens is 6. The summed E-state index contributed by atoms with van der Waals surface area (Å²) in [5.41, 5.74) is 4.86. The van der Waals surface area contributed by atoms with Crippen molar-refractivity contribution in [1.82, 2.24) is 30.0 Å². The van der Waals surface area contributed by atoms with E-state index in [2.05, 4.69) is 25.9 Å². The van der Waals surface area contributed by atoms with Gasteiger partial charge in [-0.15, -0.1) is 5.10 Å². The standard InChI is InChI=1S/C24H24ClN7O2/c1-15-20(16(2)31(28-15)14-18-7-5-6-8-21(18)25)10-12-24(33)26-19-9-11-23(34-4)22(13-19)32-17(3)27-29-30-32/h5-13H,14H2,1-4H3,(H,26,33)/b12-10+. The Kier molecular flexibility index (Phi) is 6.74. The molecule has 0 aliphatic rings. The van der Waals surface area contributed by atoms with Gasteiger partial charge in [0, 0.05) is 28.0 Å². The predicted molar refractivity (Wildman–Crippen MR) is 130 cm³/mol. The molecular formula is C24H24ClN7O2. The average Bonchev–Trinajstić information content (AvgIpc) is 3.36. The van der Waals surface area contributed by atoms with Gasteiger partial charge in [0.1, 0.15) is 11.4 Å². The summed E-state index contributed by atoms with van der Waals surface area (Å²) >= 11 is 6.30. The third kappa shape index (κ3) is 4.84. The zero-order chi connectivity index (χ0) is 24.2. The van der Waals surface area contributed by atoms with E-state index in [1.807, 2.05) is 42.8 Å². The summed E-state index contributed by atoms with van der Waals surface area (Å²) in [7, 11) is 1.57. The maximum atomic E-state index is 12.6. The van der Waals surface area contributed by atoms with Gasteiger partial charge < -0.3 is 10.1 Å². The summed E-state index contributed by atoms with van der Waals surface area (Å²) in [5.74, 6) is 0.907. The number of methoxy groups -OCH3 is 1. The minimum atomic E-state index is -0.276. The normalized spacial score (nSPS) is 11.2. The molecule has 2 aromatic heterocycles. The highest BCUT2D eigenvalue weighted by molar-refractivity contribution is 6.31. The highest BCUT2D eigenvalue weighted by atomic mass is 35.5. The fourth-order valence-electron chi connectivity index (χ4n) is 3.62. The van der Waals surface area contributed by atoms with Crippen molar-refractivity contribution in [3.63, 3.8) is 0 Å². The van der Waals surface area contributed by atoms with Crippen LogP contribution in [0.5, 0.6) is 5.75 Å². The second-order valence-corrected chi connectivity index (χ2v) is 8.09. The lowest BCUT2D eigenvalue weighted by molar-refractivity contribution is -0.111. The third-order valence-corrected chi connectivity index (χ3v) is 5.79. The van der Waals surface area contributed by atoms with Gasteiger partial charge in [0.2, 0.25) is 5.91 Å². The maximum Gasteiger partial charge on any atom is 0.248 e. The molecule has 174 valence electrons. The van der Waals surface area contributed by atoms with Crippen LogP contribution in [0.3, 0.4) is 0 Å². The summed E-state index contributed by atoms with van der Waals surface area (Å²) in [5, 5.41) is 19.7. The number of ether oxygens (including phenoxy) is 1.